The van der Waals surface area contributed by atoms with E-state index in [-0.39, 0.29) is 5.92 Å². The molecule has 0 bridgehead atoms. The third-order valence-electron chi connectivity index (χ3n) is 3.78. The zero-order valence-electron chi connectivity index (χ0n) is 11.1. The van der Waals surface area contributed by atoms with Gasteiger partial charge in [0.15, 0.2) is 0 Å². The van der Waals surface area contributed by atoms with Gasteiger partial charge in [0.25, 0.3) is 0 Å². The predicted molar refractivity (Wildman–Crippen MR) is 79.7 cm³/mol. The number of rotatable bonds is 3. The van der Waals surface area contributed by atoms with E-state index in [1.807, 2.05) is 6.07 Å². The van der Waals surface area contributed by atoms with Crippen molar-refractivity contribution in [3.63, 3.8) is 0 Å². The lowest BCUT2D eigenvalue weighted by Gasteiger charge is -2.30. The molecule has 19 heavy (non-hydrogen) atoms. The molecule has 0 amide bonds. The summed E-state index contributed by atoms with van der Waals surface area (Å²) in [6, 6.07) is 7.80. The van der Waals surface area contributed by atoms with Gasteiger partial charge >= 0.3 is 0 Å². The van der Waals surface area contributed by atoms with E-state index in [1.165, 1.54) is 12.8 Å². The first kappa shape index (κ1) is 14.7. The van der Waals surface area contributed by atoms with Gasteiger partial charge in [0.05, 0.1) is 12.0 Å². The van der Waals surface area contributed by atoms with Crippen LogP contribution in [0.4, 0.5) is 0 Å². The molecule has 0 spiro atoms. The second kappa shape index (κ2) is 6.61. The van der Waals surface area contributed by atoms with E-state index in [9.17, 15) is 5.26 Å². The van der Waals surface area contributed by atoms with Gasteiger partial charge < -0.3 is 4.90 Å². The van der Waals surface area contributed by atoms with Crippen LogP contribution >= 0.6 is 23.2 Å². The minimum atomic E-state index is -0.138. The first-order valence-corrected chi connectivity index (χ1v) is 7.39. The maximum absolute atomic E-state index is 9.41. The second-order valence-electron chi connectivity index (χ2n) is 5.35. The zero-order chi connectivity index (χ0) is 13.8. The fourth-order valence-corrected chi connectivity index (χ4v) is 3.37. The van der Waals surface area contributed by atoms with Crippen LogP contribution in [-0.4, -0.2) is 25.0 Å². The molecule has 2 atom stereocenters. The molecule has 0 aliphatic carbocycles. The normalized spacial score (nSPS) is 21.9. The lowest BCUT2D eigenvalue weighted by atomic mass is 9.85. The first-order chi connectivity index (χ1) is 9.10. The number of piperidine rings is 1. The molecule has 1 aliphatic rings. The van der Waals surface area contributed by atoms with Crippen LogP contribution in [-0.2, 0) is 0 Å². The highest BCUT2D eigenvalue weighted by molar-refractivity contribution is 6.35. The van der Waals surface area contributed by atoms with E-state index in [0.717, 1.165) is 25.1 Å². The van der Waals surface area contributed by atoms with Crippen molar-refractivity contribution in [3.05, 3.63) is 33.8 Å². The monoisotopic (exact) mass is 296 g/mol. The van der Waals surface area contributed by atoms with Crippen molar-refractivity contribution in [2.24, 2.45) is 5.92 Å². The molecular weight excluding hydrogens is 279 g/mol. The average Bonchev–Trinajstić information content (AvgIpc) is 2.37. The predicted octanol–water partition coefficient (Wildman–Crippen LogP) is 4.33. The molecular formula is C15H18Cl2N2. The number of nitrogens with zero attached hydrogens (tertiary/aromatic N) is 2. The average molecular weight is 297 g/mol. The molecule has 0 radical (unpaired) electrons. The van der Waals surface area contributed by atoms with Gasteiger partial charge in [-0.05, 0) is 56.5 Å². The highest BCUT2D eigenvalue weighted by atomic mass is 35.5. The molecule has 1 aliphatic heterocycles. The first-order valence-electron chi connectivity index (χ1n) is 6.63. The molecule has 1 aromatic rings. The molecule has 2 rings (SSSR count). The van der Waals surface area contributed by atoms with E-state index >= 15 is 0 Å². The van der Waals surface area contributed by atoms with Crippen LogP contribution in [0, 0.1) is 17.2 Å². The molecule has 1 aromatic carbocycles. The van der Waals surface area contributed by atoms with Crippen LogP contribution in [0.2, 0.25) is 10.0 Å². The lowest BCUT2D eigenvalue weighted by molar-refractivity contribution is 0.199. The SMILES string of the molecule is CN1CCCC(CC(C#N)c2ccc(Cl)cc2Cl)C1. The van der Waals surface area contributed by atoms with Gasteiger partial charge in [-0.25, -0.2) is 0 Å². The summed E-state index contributed by atoms with van der Waals surface area (Å²) in [7, 11) is 2.14. The number of hydrogen-bond acceptors (Lipinski definition) is 2. The minimum absolute atomic E-state index is 0.138. The fourth-order valence-electron chi connectivity index (χ4n) is 2.83. The molecule has 102 valence electrons. The summed E-state index contributed by atoms with van der Waals surface area (Å²) in [5, 5.41) is 10.6. The Morgan fingerprint density at radius 1 is 1.47 bits per heavy atom. The van der Waals surface area contributed by atoms with E-state index in [1.54, 1.807) is 12.1 Å². The van der Waals surface area contributed by atoms with Crippen LogP contribution in [0.25, 0.3) is 0 Å². The van der Waals surface area contributed by atoms with Gasteiger partial charge in [0.1, 0.15) is 0 Å². The molecule has 1 saturated heterocycles. The summed E-state index contributed by atoms with van der Waals surface area (Å²) in [4.78, 5) is 2.34. The maximum Gasteiger partial charge on any atom is 0.0730 e. The maximum atomic E-state index is 9.41. The zero-order valence-corrected chi connectivity index (χ0v) is 12.6. The van der Waals surface area contributed by atoms with Crippen LogP contribution in [0.15, 0.2) is 18.2 Å². The summed E-state index contributed by atoms with van der Waals surface area (Å²) >= 11 is 12.1. The van der Waals surface area contributed by atoms with E-state index < -0.39 is 0 Å². The highest BCUT2D eigenvalue weighted by Crippen LogP contribution is 2.33. The molecule has 2 nitrogen and oxygen atoms in total. The summed E-state index contributed by atoms with van der Waals surface area (Å²) in [5.41, 5.74) is 0.904. The van der Waals surface area contributed by atoms with Gasteiger partial charge in [-0.15, -0.1) is 0 Å². The minimum Gasteiger partial charge on any atom is -0.306 e. The molecule has 1 fully saturated rings. The topological polar surface area (TPSA) is 27.0 Å². The highest BCUT2D eigenvalue weighted by Gasteiger charge is 2.23. The third kappa shape index (κ3) is 3.86. The van der Waals surface area contributed by atoms with Crippen molar-refractivity contribution < 1.29 is 0 Å². The summed E-state index contributed by atoms with van der Waals surface area (Å²) < 4.78 is 0. The summed E-state index contributed by atoms with van der Waals surface area (Å²) in [6.07, 6.45) is 3.30. The van der Waals surface area contributed by atoms with E-state index in [4.69, 9.17) is 23.2 Å². The van der Waals surface area contributed by atoms with Crippen LogP contribution < -0.4 is 0 Å². The van der Waals surface area contributed by atoms with Crippen molar-refractivity contribution in [2.45, 2.75) is 25.2 Å². The molecule has 1 heterocycles. The van der Waals surface area contributed by atoms with Gasteiger partial charge in [-0.2, -0.15) is 5.26 Å². The molecule has 0 aromatic heterocycles. The van der Waals surface area contributed by atoms with E-state index in [0.29, 0.717) is 16.0 Å². The van der Waals surface area contributed by atoms with Crippen molar-refractivity contribution in [1.29, 1.82) is 5.26 Å². The Labute approximate surface area is 124 Å². The Bertz CT molecular complexity index is 482. The van der Waals surface area contributed by atoms with Crippen LogP contribution in [0.1, 0.15) is 30.7 Å². The lowest BCUT2D eigenvalue weighted by Crippen LogP contribution is -2.32. The Hall–Kier alpha value is -0.750. The largest absolute Gasteiger partial charge is 0.306 e. The number of hydrogen-bond donors (Lipinski definition) is 0. The standard InChI is InChI=1S/C15H18Cl2N2/c1-19-6-2-3-11(10-19)7-12(9-18)14-5-4-13(16)8-15(14)17/h4-5,8,11-12H,2-3,6-7,10H2,1H3. The smallest absolute Gasteiger partial charge is 0.0730 e. The van der Waals surface area contributed by atoms with Crippen molar-refractivity contribution in [2.75, 3.05) is 20.1 Å². The Kier molecular flexibility index (Phi) is 5.10. The molecule has 0 N–H and O–H groups in total. The second-order valence-corrected chi connectivity index (χ2v) is 6.20. The molecule has 2 unspecified atom stereocenters. The Balaban J connectivity index is 2.09. The summed E-state index contributed by atoms with van der Waals surface area (Å²) in [6.45, 7) is 2.23. The van der Waals surface area contributed by atoms with Gasteiger partial charge in [-0.3, -0.25) is 0 Å². The van der Waals surface area contributed by atoms with Crippen molar-refractivity contribution in [3.8, 4) is 6.07 Å². The van der Waals surface area contributed by atoms with Crippen LogP contribution in [0.3, 0.4) is 0 Å². The number of likely N-dealkylation sites (tertiary alicyclic amines) is 1. The quantitative estimate of drug-likeness (QED) is 0.830. The van der Waals surface area contributed by atoms with Gasteiger partial charge in [0.2, 0.25) is 0 Å². The van der Waals surface area contributed by atoms with Crippen molar-refractivity contribution >= 4 is 23.2 Å². The fraction of sp³-hybridized carbons (Fsp3) is 0.533. The number of nitriles is 1. The Morgan fingerprint density at radius 3 is 2.89 bits per heavy atom. The van der Waals surface area contributed by atoms with E-state index in [2.05, 4.69) is 18.0 Å². The molecule has 0 saturated carbocycles. The third-order valence-corrected chi connectivity index (χ3v) is 4.35. The summed E-state index contributed by atoms with van der Waals surface area (Å²) in [5.74, 6) is 0.441. The molecule has 4 heteroatoms. The number of benzene rings is 1. The Morgan fingerprint density at radius 2 is 2.26 bits per heavy atom. The van der Waals surface area contributed by atoms with Crippen molar-refractivity contribution in [1.82, 2.24) is 4.90 Å². The number of halogens is 2. The van der Waals surface area contributed by atoms with Crippen LogP contribution in [0.5, 0.6) is 0 Å². The van der Waals surface area contributed by atoms with Gasteiger partial charge in [-0.1, -0.05) is 29.3 Å². The van der Waals surface area contributed by atoms with Gasteiger partial charge in [0, 0.05) is 16.6 Å².